The van der Waals surface area contributed by atoms with Gasteiger partial charge < -0.3 is 15.1 Å². The summed E-state index contributed by atoms with van der Waals surface area (Å²) in [6, 6.07) is 16.8. The van der Waals surface area contributed by atoms with Gasteiger partial charge in [0.1, 0.15) is 0 Å². The summed E-state index contributed by atoms with van der Waals surface area (Å²) in [7, 11) is 0. The van der Waals surface area contributed by atoms with Crippen LogP contribution >= 0.6 is 0 Å². The molecule has 1 heterocycles. The summed E-state index contributed by atoms with van der Waals surface area (Å²) in [6.45, 7) is 8.49. The van der Waals surface area contributed by atoms with Crippen molar-refractivity contribution in [2.45, 2.75) is 32.9 Å². The molecule has 1 atom stereocenters. The highest BCUT2D eigenvalue weighted by atomic mass is 16.5. The number of carbonyl (C=O) groups is 1. The molecule has 0 aliphatic carbocycles. The van der Waals surface area contributed by atoms with Crippen LogP contribution in [0.4, 0.5) is 11.4 Å². The molecule has 1 aliphatic rings. The third-order valence-electron chi connectivity index (χ3n) is 5.67. The Kier molecular flexibility index (Phi) is 7.88. The zero-order valence-corrected chi connectivity index (χ0v) is 17.8. The van der Waals surface area contributed by atoms with Gasteiger partial charge in [-0.1, -0.05) is 50.2 Å². The van der Waals surface area contributed by atoms with Crippen LogP contribution < -0.4 is 15.7 Å². The number of nitrogens with one attached hydrogen (secondary N) is 2. The van der Waals surface area contributed by atoms with Crippen LogP contribution in [0, 0.1) is 0 Å². The van der Waals surface area contributed by atoms with Crippen molar-refractivity contribution in [1.82, 2.24) is 10.4 Å². The van der Waals surface area contributed by atoms with Gasteiger partial charge in [-0.2, -0.15) is 0 Å². The zero-order valence-electron chi connectivity index (χ0n) is 17.8. The summed E-state index contributed by atoms with van der Waals surface area (Å²) in [6.07, 6.45) is 5.27. The molecular weight excluding hydrogens is 376 g/mol. The Morgan fingerprint density at radius 3 is 2.67 bits per heavy atom. The second-order valence-corrected chi connectivity index (χ2v) is 7.49. The van der Waals surface area contributed by atoms with Crippen LogP contribution in [-0.2, 0) is 11.2 Å². The third-order valence-corrected chi connectivity index (χ3v) is 5.67. The quantitative estimate of drug-likeness (QED) is 0.317. The molecule has 6 nitrogen and oxygen atoms in total. The highest BCUT2D eigenvalue weighted by Crippen LogP contribution is 2.36. The fourth-order valence-electron chi connectivity index (χ4n) is 3.90. The molecule has 3 N–H and O–H groups in total. The number of rotatable bonds is 10. The first-order valence-electron chi connectivity index (χ1n) is 10.7. The maximum absolute atomic E-state index is 11.3. The number of anilines is 2. The van der Waals surface area contributed by atoms with Crippen LogP contribution in [0.5, 0.6) is 0 Å². The topological polar surface area (TPSA) is 67.8 Å². The van der Waals surface area contributed by atoms with Crippen LogP contribution in [0.15, 0.2) is 54.6 Å². The van der Waals surface area contributed by atoms with Crippen LogP contribution in [-0.4, -0.2) is 48.4 Å². The van der Waals surface area contributed by atoms with Crippen LogP contribution in [0.3, 0.4) is 0 Å². The average molecular weight is 409 g/mol. The summed E-state index contributed by atoms with van der Waals surface area (Å²) in [5.74, 6) is -0.537. The van der Waals surface area contributed by atoms with E-state index in [0.29, 0.717) is 0 Å². The van der Waals surface area contributed by atoms with Gasteiger partial charge in [0.15, 0.2) is 0 Å². The first kappa shape index (κ1) is 21.9. The van der Waals surface area contributed by atoms with Gasteiger partial charge >= 0.3 is 0 Å². The minimum absolute atomic E-state index is 0.232. The second kappa shape index (κ2) is 10.8. The standard InChI is InChI=1S/C24H32N4O2/c1-3-27(4-2)16-17-28-22-13-10-20(12-15-24(29)26-30)18-21(22)25-23(28)14-11-19-8-6-5-7-9-19/h5-10,12-13,15,18,23,25,30H,3-4,11,14,16-17H2,1-2H3,(H,26,29)/b15-12+. The van der Waals surface area contributed by atoms with Gasteiger partial charge in [-0.15, -0.1) is 0 Å². The normalized spacial score (nSPS) is 15.5. The Labute approximate surface area is 179 Å². The summed E-state index contributed by atoms with van der Waals surface area (Å²) in [5, 5.41) is 12.3. The number of fused-ring (bicyclic) bond motifs is 1. The van der Waals surface area contributed by atoms with E-state index in [0.717, 1.165) is 50.3 Å². The molecule has 0 aromatic heterocycles. The molecule has 1 amide bonds. The number of hydrogen-bond acceptors (Lipinski definition) is 5. The number of aryl methyl sites for hydroxylation is 1. The van der Waals surface area contributed by atoms with E-state index in [2.05, 4.69) is 71.4 Å². The highest BCUT2D eigenvalue weighted by molar-refractivity contribution is 5.91. The smallest absolute Gasteiger partial charge is 0.267 e. The first-order valence-corrected chi connectivity index (χ1v) is 10.7. The molecule has 0 saturated carbocycles. The van der Waals surface area contributed by atoms with Crippen molar-refractivity contribution in [3.63, 3.8) is 0 Å². The Balaban J connectivity index is 1.76. The van der Waals surface area contributed by atoms with Gasteiger partial charge in [-0.05, 0) is 55.3 Å². The number of hydrogen-bond donors (Lipinski definition) is 3. The van der Waals surface area contributed by atoms with E-state index in [4.69, 9.17) is 5.21 Å². The molecule has 6 heteroatoms. The van der Waals surface area contributed by atoms with E-state index in [1.165, 1.54) is 17.3 Å². The number of likely N-dealkylation sites (N-methyl/N-ethyl adjacent to an activating group) is 1. The number of nitrogens with zero attached hydrogens (tertiary/aromatic N) is 2. The lowest BCUT2D eigenvalue weighted by Gasteiger charge is -2.29. The maximum atomic E-state index is 11.3. The van der Waals surface area contributed by atoms with E-state index in [1.54, 1.807) is 11.6 Å². The van der Waals surface area contributed by atoms with Gasteiger partial charge in [0.05, 0.1) is 17.5 Å². The SMILES string of the molecule is CCN(CC)CCN1c2ccc(/C=C/C(=O)NO)cc2NC1CCc1ccccc1. The number of carbonyl (C=O) groups excluding carboxylic acids is 1. The Hall–Kier alpha value is -2.83. The van der Waals surface area contributed by atoms with Gasteiger partial charge in [0, 0.05) is 19.2 Å². The zero-order chi connectivity index (χ0) is 21.3. The number of hydroxylamine groups is 1. The summed E-state index contributed by atoms with van der Waals surface area (Å²) < 4.78 is 0. The minimum Gasteiger partial charge on any atom is -0.363 e. The first-order chi connectivity index (χ1) is 14.6. The van der Waals surface area contributed by atoms with Crippen molar-refractivity contribution in [3.05, 3.63) is 65.7 Å². The Bertz CT molecular complexity index is 850. The van der Waals surface area contributed by atoms with Gasteiger partial charge in [-0.25, -0.2) is 5.48 Å². The predicted molar refractivity (Wildman–Crippen MR) is 123 cm³/mol. The molecule has 0 fully saturated rings. The lowest BCUT2D eigenvalue weighted by Crippen LogP contribution is -2.41. The summed E-state index contributed by atoms with van der Waals surface area (Å²) >= 11 is 0. The molecule has 0 bridgehead atoms. The van der Waals surface area contributed by atoms with Gasteiger partial charge in [0.2, 0.25) is 0 Å². The fraction of sp³-hybridized carbons (Fsp3) is 0.375. The van der Waals surface area contributed by atoms with Crippen molar-refractivity contribution in [1.29, 1.82) is 0 Å². The Morgan fingerprint density at radius 2 is 1.97 bits per heavy atom. The number of amides is 1. The van der Waals surface area contributed by atoms with Crippen molar-refractivity contribution < 1.29 is 10.0 Å². The summed E-state index contributed by atoms with van der Waals surface area (Å²) in [5.41, 5.74) is 6.16. The van der Waals surface area contributed by atoms with Crippen molar-refractivity contribution in [3.8, 4) is 0 Å². The van der Waals surface area contributed by atoms with E-state index >= 15 is 0 Å². The van der Waals surface area contributed by atoms with E-state index in [9.17, 15) is 4.79 Å². The molecule has 1 unspecified atom stereocenters. The third kappa shape index (κ3) is 5.62. The van der Waals surface area contributed by atoms with Crippen molar-refractivity contribution in [2.75, 3.05) is 36.4 Å². The highest BCUT2D eigenvalue weighted by Gasteiger charge is 2.28. The maximum Gasteiger partial charge on any atom is 0.267 e. The molecule has 0 spiro atoms. The second-order valence-electron chi connectivity index (χ2n) is 7.49. The number of benzene rings is 2. The summed E-state index contributed by atoms with van der Waals surface area (Å²) in [4.78, 5) is 16.2. The van der Waals surface area contributed by atoms with Gasteiger partial charge in [-0.3, -0.25) is 10.0 Å². The van der Waals surface area contributed by atoms with Crippen molar-refractivity contribution in [2.24, 2.45) is 0 Å². The molecule has 0 radical (unpaired) electrons. The largest absolute Gasteiger partial charge is 0.363 e. The lowest BCUT2D eigenvalue weighted by atomic mass is 10.1. The average Bonchev–Trinajstić information content (AvgIpc) is 3.14. The van der Waals surface area contributed by atoms with E-state index in [-0.39, 0.29) is 6.17 Å². The minimum atomic E-state index is -0.537. The van der Waals surface area contributed by atoms with E-state index in [1.807, 2.05) is 6.07 Å². The molecule has 3 rings (SSSR count). The monoisotopic (exact) mass is 408 g/mol. The molecule has 2 aromatic carbocycles. The van der Waals surface area contributed by atoms with Crippen LogP contribution in [0.1, 0.15) is 31.4 Å². The Morgan fingerprint density at radius 1 is 1.20 bits per heavy atom. The molecule has 2 aromatic rings. The van der Waals surface area contributed by atoms with Gasteiger partial charge in [0.25, 0.3) is 5.91 Å². The van der Waals surface area contributed by atoms with Crippen molar-refractivity contribution >= 4 is 23.4 Å². The van der Waals surface area contributed by atoms with E-state index < -0.39 is 5.91 Å². The fourth-order valence-corrected chi connectivity index (χ4v) is 3.90. The molecule has 0 saturated heterocycles. The predicted octanol–water partition coefficient (Wildman–Crippen LogP) is 3.74. The van der Waals surface area contributed by atoms with Crippen LogP contribution in [0.2, 0.25) is 0 Å². The molecule has 30 heavy (non-hydrogen) atoms. The molecular formula is C24H32N4O2. The lowest BCUT2D eigenvalue weighted by molar-refractivity contribution is -0.124. The van der Waals surface area contributed by atoms with Crippen LogP contribution in [0.25, 0.3) is 6.08 Å². The molecule has 160 valence electrons. The molecule has 1 aliphatic heterocycles.